The van der Waals surface area contributed by atoms with Crippen molar-refractivity contribution in [2.24, 2.45) is 5.73 Å². The summed E-state index contributed by atoms with van der Waals surface area (Å²) in [6.45, 7) is 0.387. The Balaban J connectivity index is 2.00. The zero-order valence-electron chi connectivity index (χ0n) is 11.1. The molecule has 110 valence electrons. The zero-order valence-corrected chi connectivity index (χ0v) is 11.1. The second kappa shape index (κ2) is 6.17. The number of pyridine rings is 1. The van der Waals surface area contributed by atoms with Crippen molar-refractivity contribution in [3.8, 4) is 0 Å². The van der Waals surface area contributed by atoms with Crippen LogP contribution in [0.15, 0.2) is 30.5 Å². The van der Waals surface area contributed by atoms with Crippen molar-refractivity contribution in [2.75, 3.05) is 17.6 Å². The van der Waals surface area contributed by atoms with Crippen LogP contribution in [0.1, 0.15) is 15.9 Å². The van der Waals surface area contributed by atoms with E-state index in [2.05, 4.69) is 10.3 Å². The van der Waals surface area contributed by atoms with Crippen LogP contribution in [-0.2, 0) is 6.42 Å². The first-order chi connectivity index (χ1) is 9.95. The Kier molecular flexibility index (Phi) is 4.32. The Labute approximate surface area is 120 Å². The van der Waals surface area contributed by atoms with Crippen molar-refractivity contribution in [2.45, 2.75) is 6.42 Å². The lowest BCUT2D eigenvalue weighted by atomic mass is 10.1. The highest BCUT2D eigenvalue weighted by Crippen LogP contribution is 2.14. The minimum atomic E-state index is -0.648. The summed E-state index contributed by atoms with van der Waals surface area (Å²) < 4.78 is 26.1. The molecule has 0 fully saturated rings. The molecule has 21 heavy (non-hydrogen) atoms. The average molecular weight is 292 g/mol. The average Bonchev–Trinajstić information content (AvgIpc) is 2.39. The molecule has 0 aliphatic carbocycles. The number of anilines is 2. The van der Waals surface area contributed by atoms with E-state index in [4.69, 9.17) is 11.5 Å². The molecular formula is C14H14F2N4O. The van der Waals surface area contributed by atoms with Gasteiger partial charge < -0.3 is 16.8 Å². The number of nitrogens with one attached hydrogen (secondary N) is 1. The van der Waals surface area contributed by atoms with E-state index >= 15 is 0 Å². The highest BCUT2D eigenvalue weighted by atomic mass is 19.1. The van der Waals surface area contributed by atoms with Crippen LogP contribution in [0.3, 0.4) is 0 Å². The van der Waals surface area contributed by atoms with Crippen LogP contribution in [0, 0.1) is 11.6 Å². The molecule has 0 unspecified atom stereocenters. The molecule has 0 saturated carbocycles. The minimum absolute atomic E-state index is 0.171. The van der Waals surface area contributed by atoms with Crippen LogP contribution in [0.4, 0.5) is 20.3 Å². The predicted molar refractivity (Wildman–Crippen MR) is 75.7 cm³/mol. The number of primary amides is 1. The molecule has 1 aromatic heterocycles. The van der Waals surface area contributed by atoms with Crippen LogP contribution in [0.5, 0.6) is 0 Å². The number of carbonyl (C=O) groups excluding carboxylic acids is 1. The number of nitrogens with two attached hydrogens (primary N) is 2. The number of nitrogens with zero attached hydrogens (tertiary/aromatic N) is 1. The number of amides is 1. The topological polar surface area (TPSA) is 94.0 Å². The number of hydrogen-bond acceptors (Lipinski definition) is 4. The van der Waals surface area contributed by atoms with Gasteiger partial charge in [0.25, 0.3) is 5.91 Å². The molecule has 0 bridgehead atoms. The van der Waals surface area contributed by atoms with Crippen molar-refractivity contribution in [3.63, 3.8) is 0 Å². The molecular weight excluding hydrogens is 278 g/mol. The van der Waals surface area contributed by atoms with Crippen molar-refractivity contribution in [1.29, 1.82) is 0 Å². The van der Waals surface area contributed by atoms with Gasteiger partial charge in [0.1, 0.15) is 17.5 Å². The number of nitrogen functional groups attached to an aromatic ring is 1. The minimum Gasteiger partial charge on any atom is -0.397 e. The largest absolute Gasteiger partial charge is 0.397 e. The highest BCUT2D eigenvalue weighted by molar-refractivity contribution is 5.98. The van der Waals surface area contributed by atoms with Crippen LogP contribution >= 0.6 is 0 Å². The zero-order chi connectivity index (χ0) is 15.4. The molecule has 0 atom stereocenters. The van der Waals surface area contributed by atoms with Gasteiger partial charge in [-0.25, -0.2) is 13.8 Å². The molecule has 2 rings (SSSR count). The SMILES string of the molecule is NC(=O)c1cc(NCCc2cc(F)cc(F)c2)ncc1N. The van der Waals surface area contributed by atoms with Crippen molar-refractivity contribution < 1.29 is 13.6 Å². The predicted octanol–water partition coefficient (Wildman–Crippen LogP) is 1.70. The van der Waals surface area contributed by atoms with Gasteiger partial charge in [-0.05, 0) is 30.2 Å². The number of halogens is 2. The smallest absolute Gasteiger partial charge is 0.250 e. The summed E-state index contributed by atoms with van der Waals surface area (Å²) in [6, 6.07) is 4.77. The van der Waals surface area contributed by atoms with Gasteiger partial charge >= 0.3 is 0 Å². The molecule has 1 amide bonds. The highest BCUT2D eigenvalue weighted by Gasteiger charge is 2.07. The second-order valence-electron chi connectivity index (χ2n) is 4.48. The van der Waals surface area contributed by atoms with E-state index in [0.717, 1.165) is 6.07 Å². The van der Waals surface area contributed by atoms with Gasteiger partial charge in [0.15, 0.2) is 0 Å². The number of hydrogen-bond donors (Lipinski definition) is 3. The lowest BCUT2D eigenvalue weighted by Gasteiger charge is -2.08. The maximum atomic E-state index is 13.0. The molecule has 5 nitrogen and oxygen atoms in total. The summed E-state index contributed by atoms with van der Waals surface area (Å²) >= 11 is 0. The molecule has 2 aromatic rings. The quantitative estimate of drug-likeness (QED) is 0.781. The Bertz CT molecular complexity index is 656. The Morgan fingerprint density at radius 2 is 1.86 bits per heavy atom. The van der Waals surface area contributed by atoms with Crippen molar-refractivity contribution >= 4 is 17.4 Å². The van der Waals surface area contributed by atoms with Gasteiger partial charge in [-0.2, -0.15) is 0 Å². The third kappa shape index (κ3) is 3.88. The van der Waals surface area contributed by atoms with E-state index in [1.165, 1.54) is 24.4 Å². The Hall–Kier alpha value is -2.70. The number of rotatable bonds is 5. The molecule has 0 saturated heterocycles. The third-order valence-electron chi connectivity index (χ3n) is 2.84. The summed E-state index contributed by atoms with van der Waals surface area (Å²) in [6.07, 6.45) is 1.72. The maximum Gasteiger partial charge on any atom is 0.250 e. The molecule has 1 aromatic carbocycles. The lowest BCUT2D eigenvalue weighted by molar-refractivity contribution is 0.100. The van der Waals surface area contributed by atoms with Gasteiger partial charge in [-0.15, -0.1) is 0 Å². The monoisotopic (exact) mass is 292 g/mol. The standard InChI is InChI=1S/C14H14F2N4O/c15-9-3-8(4-10(16)5-9)1-2-19-13-6-11(14(18)21)12(17)7-20-13/h3-7H,1-2,17H2,(H2,18,21)(H,19,20). The van der Waals surface area contributed by atoms with Gasteiger partial charge in [0.2, 0.25) is 0 Å². The second-order valence-corrected chi connectivity index (χ2v) is 4.48. The van der Waals surface area contributed by atoms with Gasteiger partial charge in [-0.1, -0.05) is 0 Å². The summed E-state index contributed by atoms with van der Waals surface area (Å²) in [7, 11) is 0. The van der Waals surface area contributed by atoms with E-state index in [-0.39, 0.29) is 11.3 Å². The van der Waals surface area contributed by atoms with Crippen LogP contribution in [0.2, 0.25) is 0 Å². The molecule has 7 heteroatoms. The third-order valence-corrected chi connectivity index (χ3v) is 2.84. The molecule has 0 aliphatic heterocycles. The summed E-state index contributed by atoms with van der Waals surface area (Å²) in [5.74, 6) is -1.47. The molecule has 0 spiro atoms. The number of aromatic nitrogens is 1. The van der Waals surface area contributed by atoms with Crippen LogP contribution < -0.4 is 16.8 Å². The molecule has 0 aliphatic rings. The summed E-state index contributed by atoms with van der Waals surface area (Å²) in [5.41, 5.74) is 11.6. The van der Waals surface area contributed by atoms with Crippen LogP contribution in [0.25, 0.3) is 0 Å². The Morgan fingerprint density at radius 3 is 2.48 bits per heavy atom. The first kappa shape index (κ1) is 14.7. The maximum absolute atomic E-state index is 13.0. The lowest BCUT2D eigenvalue weighted by Crippen LogP contribution is -2.15. The summed E-state index contributed by atoms with van der Waals surface area (Å²) in [4.78, 5) is 15.1. The fourth-order valence-electron chi connectivity index (χ4n) is 1.87. The number of carbonyl (C=O) groups is 1. The molecule has 5 N–H and O–H groups in total. The summed E-state index contributed by atoms with van der Waals surface area (Å²) in [5, 5.41) is 2.94. The van der Waals surface area contributed by atoms with E-state index in [0.29, 0.717) is 24.3 Å². The molecule has 1 heterocycles. The normalized spacial score (nSPS) is 10.4. The van der Waals surface area contributed by atoms with Crippen molar-refractivity contribution in [1.82, 2.24) is 4.98 Å². The fraction of sp³-hybridized carbons (Fsp3) is 0.143. The van der Waals surface area contributed by atoms with Crippen molar-refractivity contribution in [3.05, 3.63) is 53.2 Å². The van der Waals surface area contributed by atoms with E-state index in [1.54, 1.807) is 0 Å². The van der Waals surface area contributed by atoms with Gasteiger partial charge in [0, 0.05) is 12.6 Å². The van der Waals surface area contributed by atoms with Gasteiger partial charge in [0.05, 0.1) is 17.4 Å². The van der Waals surface area contributed by atoms with Crippen LogP contribution in [-0.4, -0.2) is 17.4 Å². The molecule has 0 radical (unpaired) electrons. The fourth-order valence-corrected chi connectivity index (χ4v) is 1.87. The first-order valence-electron chi connectivity index (χ1n) is 6.20. The first-order valence-corrected chi connectivity index (χ1v) is 6.20. The van der Waals surface area contributed by atoms with Gasteiger partial charge in [-0.3, -0.25) is 4.79 Å². The van der Waals surface area contributed by atoms with E-state index in [9.17, 15) is 13.6 Å². The van der Waals surface area contributed by atoms with E-state index in [1.807, 2.05) is 0 Å². The van der Waals surface area contributed by atoms with E-state index < -0.39 is 17.5 Å². The Morgan fingerprint density at radius 1 is 1.19 bits per heavy atom. The number of benzene rings is 1.